The van der Waals surface area contributed by atoms with Crippen LogP contribution in [0.15, 0.2) is 54.6 Å². The van der Waals surface area contributed by atoms with E-state index in [1.807, 2.05) is 30.3 Å². The second-order valence-electron chi connectivity index (χ2n) is 5.67. The Balaban J connectivity index is 1.51. The number of thiazole rings is 1. The van der Waals surface area contributed by atoms with E-state index in [2.05, 4.69) is 4.98 Å². The summed E-state index contributed by atoms with van der Waals surface area (Å²) in [6.45, 7) is 0.881. The lowest BCUT2D eigenvalue weighted by atomic mass is 10.1. The summed E-state index contributed by atoms with van der Waals surface area (Å²) in [5.74, 6) is 0.373. The van der Waals surface area contributed by atoms with Gasteiger partial charge in [0.1, 0.15) is 28.1 Å². The molecule has 3 aromatic rings. The Morgan fingerprint density at radius 1 is 1.12 bits per heavy atom. The highest BCUT2D eigenvalue weighted by molar-refractivity contribution is 7.14. The van der Waals surface area contributed by atoms with Crippen molar-refractivity contribution in [2.24, 2.45) is 0 Å². The van der Waals surface area contributed by atoms with E-state index in [-0.39, 0.29) is 11.7 Å². The van der Waals surface area contributed by atoms with Crippen LogP contribution in [0.3, 0.4) is 0 Å². The molecule has 2 aromatic carbocycles. The van der Waals surface area contributed by atoms with Crippen molar-refractivity contribution in [3.05, 3.63) is 76.0 Å². The topological polar surface area (TPSA) is 42.4 Å². The molecule has 2 heterocycles. The van der Waals surface area contributed by atoms with Gasteiger partial charge in [0.25, 0.3) is 5.91 Å². The molecule has 0 aliphatic carbocycles. The standard InChI is InChI=1S/C19H15FN2O2S/c20-13-6-8-14(9-7-13)22-11-10-16-18(19(22)23)25-17(21-16)12-24-15-4-2-1-3-5-15/h1-9H,10-12H2. The Bertz CT molecular complexity index is 894. The SMILES string of the molecule is O=C1c2sc(COc3ccccc3)nc2CCN1c1ccc(F)cc1. The van der Waals surface area contributed by atoms with Gasteiger partial charge >= 0.3 is 0 Å². The van der Waals surface area contributed by atoms with Gasteiger partial charge in [-0.05, 0) is 36.4 Å². The molecule has 1 aromatic heterocycles. The number of para-hydroxylation sites is 1. The normalized spacial score (nSPS) is 13.6. The molecule has 4 nitrogen and oxygen atoms in total. The van der Waals surface area contributed by atoms with Gasteiger partial charge in [0.15, 0.2) is 0 Å². The number of carbonyl (C=O) groups excluding carboxylic acids is 1. The molecule has 0 spiro atoms. The number of amides is 1. The number of aromatic nitrogens is 1. The van der Waals surface area contributed by atoms with Gasteiger partial charge in [-0.1, -0.05) is 18.2 Å². The largest absolute Gasteiger partial charge is 0.486 e. The number of ether oxygens (including phenoxy) is 1. The van der Waals surface area contributed by atoms with Crippen LogP contribution < -0.4 is 9.64 Å². The third-order valence-electron chi connectivity index (χ3n) is 4.00. The second kappa shape index (κ2) is 6.64. The van der Waals surface area contributed by atoms with E-state index in [0.717, 1.165) is 16.5 Å². The lowest BCUT2D eigenvalue weighted by molar-refractivity contribution is 0.0984. The van der Waals surface area contributed by atoms with Crippen LogP contribution in [0.5, 0.6) is 5.75 Å². The molecule has 1 amide bonds. The Labute approximate surface area is 148 Å². The Morgan fingerprint density at radius 2 is 1.88 bits per heavy atom. The highest BCUT2D eigenvalue weighted by Crippen LogP contribution is 2.29. The number of benzene rings is 2. The zero-order valence-corrected chi connectivity index (χ0v) is 14.1. The number of carbonyl (C=O) groups is 1. The molecule has 0 unspecified atom stereocenters. The summed E-state index contributed by atoms with van der Waals surface area (Å²) in [6.07, 6.45) is 0.681. The van der Waals surface area contributed by atoms with Crippen LogP contribution in [0.25, 0.3) is 0 Å². The minimum atomic E-state index is -0.313. The van der Waals surface area contributed by atoms with E-state index in [1.54, 1.807) is 17.0 Å². The van der Waals surface area contributed by atoms with Crippen molar-refractivity contribution < 1.29 is 13.9 Å². The molecule has 0 atom stereocenters. The number of anilines is 1. The first-order valence-electron chi connectivity index (χ1n) is 7.94. The maximum atomic E-state index is 13.1. The molecule has 126 valence electrons. The number of rotatable bonds is 4. The van der Waals surface area contributed by atoms with Gasteiger partial charge in [0.05, 0.1) is 5.69 Å². The average Bonchev–Trinajstić information content (AvgIpc) is 3.06. The molecule has 25 heavy (non-hydrogen) atoms. The monoisotopic (exact) mass is 354 g/mol. The highest BCUT2D eigenvalue weighted by Gasteiger charge is 2.29. The second-order valence-corrected chi connectivity index (χ2v) is 6.75. The van der Waals surface area contributed by atoms with Crippen molar-refractivity contribution in [3.8, 4) is 5.75 Å². The van der Waals surface area contributed by atoms with E-state index in [1.165, 1.54) is 23.5 Å². The summed E-state index contributed by atoms with van der Waals surface area (Å²) in [6, 6.07) is 15.5. The summed E-state index contributed by atoms with van der Waals surface area (Å²) >= 11 is 1.36. The van der Waals surface area contributed by atoms with Gasteiger partial charge in [-0.15, -0.1) is 11.3 Å². The summed E-state index contributed by atoms with van der Waals surface area (Å²) in [4.78, 5) is 19.6. The van der Waals surface area contributed by atoms with Crippen molar-refractivity contribution in [2.45, 2.75) is 13.0 Å². The fourth-order valence-electron chi connectivity index (χ4n) is 2.77. The summed E-state index contributed by atoms with van der Waals surface area (Å²) in [5, 5.41) is 0.781. The third kappa shape index (κ3) is 3.25. The number of hydrogen-bond donors (Lipinski definition) is 0. The molecular formula is C19H15FN2O2S. The molecule has 1 aliphatic heterocycles. The zero-order chi connectivity index (χ0) is 17.2. The fourth-order valence-corrected chi connectivity index (χ4v) is 3.74. The first kappa shape index (κ1) is 15.8. The minimum Gasteiger partial charge on any atom is -0.486 e. The van der Waals surface area contributed by atoms with Gasteiger partial charge in [-0.25, -0.2) is 9.37 Å². The smallest absolute Gasteiger partial charge is 0.270 e. The molecule has 4 rings (SSSR count). The molecule has 0 bridgehead atoms. The van der Waals surface area contributed by atoms with Crippen LogP contribution in [0, 0.1) is 5.82 Å². The van der Waals surface area contributed by atoms with Crippen molar-refractivity contribution in [3.63, 3.8) is 0 Å². The van der Waals surface area contributed by atoms with Gasteiger partial charge in [-0.3, -0.25) is 4.79 Å². The molecule has 0 radical (unpaired) electrons. The lowest BCUT2D eigenvalue weighted by Gasteiger charge is -2.25. The van der Waals surface area contributed by atoms with E-state index in [0.29, 0.717) is 30.1 Å². The predicted octanol–water partition coefficient (Wildman–Crippen LogP) is 4.06. The Morgan fingerprint density at radius 3 is 2.64 bits per heavy atom. The maximum Gasteiger partial charge on any atom is 0.270 e. The zero-order valence-electron chi connectivity index (χ0n) is 13.3. The minimum absolute atomic E-state index is 0.0867. The number of halogens is 1. The number of hydrogen-bond acceptors (Lipinski definition) is 4. The third-order valence-corrected chi connectivity index (χ3v) is 5.06. The first-order valence-corrected chi connectivity index (χ1v) is 8.76. The van der Waals surface area contributed by atoms with Crippen molar-refractivity contribution in [1.82, 2.24) is 4.98 Å². The summed E-state index contributed by atoms with van der Waals surface area (Å²) in [7, 11) is 0. The number of fused-ring (bicyclic) bond motifs is 1. The van der Waals surface area contributed by atoms with Crippen LogP contribution in [-0.4, -0.2) is 17.4 Å². The molecule has 0 saturated heterocycles. The first-order chi connectivity index (χ1) is 12.2. The molecule has 0 fully saturated rings. The van der Waals surface area contributed by atoms with Crippen LogP contribution >= 0.6 is 11.3 Å². The molecule has 0 saturated carbocycles. The average molecular weight is 354 g/mol. The van der Waals surface area contributed by atoms with Gasteiger partial charge in [0.2, 0.25) is 0 Å². The number of nitrogens with zero attached hydrogens (tertiary/aromatic N) is 2. The van der Waals surface area contributed by atoms with Crippen molar-refractivity contribution >= 4 is 22.9 Å². The summed E-state index contributed by atoms with van der Waals surface area (Å²) < 4.78 is 18.8. The van der Waals surface area contributed by atoms with Crippen molar-refractivity contribution in [1.29, 1.82) is 0 Å². The quantitative estimate of drug-likeness (QED) is 0.709. The molecule has 0 N–H and O–H groups in total. The van der Waals surface area contributed by atoms with Gasteiger partial charge in [-0.2, -0.15) is 0 Å². The maximum absolute atomic E-state index is 13.1. The molecular weight excluding hydrogens is 339 g/mol. The van der Waals surface area contributed by atoms with E-state index in [9.17, 15) is 9.18 Å². The Hall–Kier alpha value is -2.73. The predicted molar refractivity (Wildman–Crippen MR) is 94.7 cm³/mol. The summed E-state index contributed by atoms with van der Waals surface area (Å²) in [5.41, 5.74) is 1.52. The van der Waals surface area contributed by atoms with Gasteiger partial charge < -0.3 is 9.64 Å². The Kier molecular flexibility index (Phi) is 4.19. The highest BCUT2D eigenvalue weighted by atomic mass is 32.1. The van der Waals surface area contributed by atoms with Crippen molar-refractivity contribution in [2.75, 3.05) is 11.4 Å². The molecule has 1 aliphatic rings. The van der Waals surface area contributed by atoms with Crippen LogP contribution in [0.1, 0.15) is 20.4 Å². The van der Waals surface area contributed by atoms with Crippen LogP contribution in [0.2, 0.25) is 0 Å². The van der Waals surface area contributed by atoms with E-state index in [4.69, 9.17) is 4.74 Å². The van der Waals surface area contributed by atoms with E-state index < -0.39 is 0 Å². The molecule has 6 heteroatoms. The van der Waals surface area contributed by atoms with Crippen LogP contribution in [0.4, 0.5) is 10.1 Å². The van der Waals surface area contributed by atoms with E-state index >= 15 is 0 Å². The van der Waals surface area contributed by atoms with Crippen LogP contribution in [-0.2, 0) is 13.0 Å². The fraction of sp³-hybridized carbons (Fsp3) is 0.158. The lowest BCUT2D eigenvalue weighted by Crippen LogP contribution is -2.36. The van der Waals surface area contributed by atoms with Gasteiger partial charge in [0, 0.05) is 18.7 Å².